The van der Waals surface area contributed by atoms with Crippen LogP contribution in [-0.4, -0.2) is 18.1 Å². The highest BCUT2D eigenvalue weighted by molar-refractivity contribution is 9.10. The summed E-state index contributed by atoms with van der Waals surface area (Å²) in [5.74, 6) is 1.16. The van der Waals surface area contributed by atoms with Gasteiger partial charge in [0.15, 0.2) is 0 Å². The first-order chi connectivity index (χ1) is 7.67. The molecule has 0 radical (unpaired) electrons. The van der Waals surface area contributed by atoms with Crippen LogP contribution in [0.15, 0.2) is 28.7 Å². The first-order valence-corrected chi connectivity index (χ1v) is 7.86. The summed E-state index contributed by atoms with van der Waals surface area (Å²) < 4.78 is 1.14. The molecule has 0 aromatic heterocycles. The molecule has 0 bridgehead atoms. The Hall–Kier alpha value is 0.01000. The molecule has 0 saturated carbocycles. The van der Waals surface area contributed by atoms with Crippen molar-refractivity contribution < 1.29 is 0 Å². The number of nitrogens with one attached hydrogen (secondary N) is 1. The van der Waals surface area contributed by atoms with Crippen molar-refractivity contribution in [2.24, 2.45) is 0 Å². The van der Waals surface area contributed by atoms with Crippen LogP contribution in [0, 0.1) is 0 Å². The zero-order valence-electron chi connectivity index (χ0n) is 10.2. The van der Waals surface area contributed by atoms with Crippen LogP contribution < -0.4 is 5.32 Å². The smallest absolute Gasteiger partial charge is 0.0320 e. The Morgan fingerprint density at radius 3 is 2.44 bits per heavy atom. The molecule has 0 fully saturated rings. The number of thioether (sulfide) groups is 1. The van der Waals surface area contributed by atoms with Crippen LogP contribution in [0.1, 0.15) is 31.9 Å². The zero-order valence-corrected chi connectivity index (χ0v) is 12.6. The summed E-state index contributed by atoms with van der Waals surface area (Å²) in [7, 11) is 0. The van der Waals surface area contributed by atoms with Crippen LogP contribution in [0.4, 0.5) is 0 Å². The fourth-order valence-electron chi connectivity index (χ4n) is 1.79. The van der Waals surface area contributed by atoms with Gasteiger partial charge in [-0.15, -0.1) is 0 Å². The van der Waals surface area contributed by atoms with Gasteiger partial charge >= 0.3 is 0 Å². The summed E-state index contributed by atoms with van der Waals surface area (Å²) in [4.78, 5) is 0. The third-order valence-electron chi connectivity index (χ3n) is 2.58. The lowest BCUT2D eigenvalue weighted by molar-refractivity contribution is 0.470. The molecule has 1 aromatic carbocycles. The maximum atomic E-state index is 3.67. The van der Waals surface area contributed by atoms with Crippen molar-refractivity contribution in [1.29, 1.82) is 0 Å². The van der Waals surface area contributed by atoms with E-state index in [9.17, 15) is 0 Å². The Bertz CT molecular complexity index is 299. The summed E-state index contributed by atoms with van der Waals surface area (Å²) in [6.07, 6.45) is 3.28. The molecule has 3 heteroatoms. The van der Waals surface area contributed by atoms with Crippen molar-refractivity contribution in [3.05, 3.63) is 34.3 Å². The van der Waals surface area contributed by atoms with Gasteiger partial charge in [-0.3, -0.25) is 0 Å². The Morgan fingerprint density at radius 2 is 1.94 bits per heavy atom. The Balaban J connectivity index is 2.63. The SMILES string of the molecule is CCC(NC(C)CSC)c1ccc(Br)cc1. The summed E-state index contributed by atoms with van der Waals surface area (Å²) in [6, 6.07) is 9.63. The molecule has 1 rings (SSSR count). The molecule has 0 saturated heterocycles. The van der Waals surface area contributed by atoms with Gasteiger partial charge < -0.3 is 5.32 Å². The monoisotopic (exact) mass is 301 g/mol. The zero-order chi connectivity index (χ0) is 12.0. The summed E-state index contributed by atoms with van der Waals surface area (Å²) in [5, 5.41) is 3.67. The number of hydrogen-bond donors (Lipinski definition) is 1. The first kappa shape index (κ1) is 14.1. The molecule has 2 atom stereocenters. The molecular formula is C13H20BrNS. The molecule has 0 aliphatic carbocycles. The van der Waals surface area contributed by atoms with E-state index in [4.69, 9.17) is 0 Å². The van der Waals surface area contributed by atoms with E-state index in [0.29, 0.717) is 12.1 Å². The Labute approximate surface area is 112 Å². The molecule has 1 N–H and O–H groups in total. The normalized spacial score (nSPS) is 14.8. The van der Waals surface area contributed by atoms with Crippen molar-refractivity contribution in [3.63, 3.8) is 0 Å². The van der Waals surface area contributed by atoms with Crippen LogP contribution in [0.5, 0.6) is 0 Å². The average Bonchev–Trinajstić information content (AvgIpc) is 2.27. The van der Waals surface area contributed by atoms with Crippen LogP contribution in [0.2, 0.25) is 0 Å². The molecule has 2 unspecified atom stereocenters. The van der Waals surface area contributed by atoms with E-state index in [1.165, 1.54) is 5.56 Å². The Kier molecular flexibility index (Phi) is 6.47. The van der Waals surface area contributed by atoms with Crippen molar-refractivity contribution in [1.82, 2.24) is 5.32 Å². The van der Waals surface area contributed by atoms with Gasteiger partial charge in [-0.1, -0.05) is 35.0 Å². The molecule has 16 heavy (non-hydrogen) atoms. The van der Waals surface area contributed by atoms with Gasteiger partial charge in [0.2, 0.25) is 0 Å². The fraction of sp³-hybridized carbons (Fsp3) is 0.538. The molecule has 0 spiro atoms. The van der Waals surface area contributed by atoms with Gasteiger partial charge in [0.1, 0.15) is 0 Å². The molecule has 0 heterocycles. The van der Waals surface area contributed by atoms with Crippen molar-refractivity contribution >= 4 is 27.7 Å². The lowest BCUT2D eigenvalue weighted by atomic mass is 10.0. The lowest BCUT2D eigenvalue weighted by Gasteiger charge is -2.22. The molecule has 0 amide bonds. The van der Waals surface area contributed by atoms with Gasteiger partial charge in [-0.2, -0.15) is 11.8 Å². The minimum atomic E-state index is 0.468. The predicted molar refractivity (Wildman–Crippen MR) is 78.2 cm³/mol. The number of halogens is 1. The van der Waals surface area contributed by atoms with Gasteiger partial charge in [0, 0.05) is 22.3 Å². The third kappa shape index (κ3) is 4.48. The summed E-state index contributed by atoms with van der Waals surface area (Å²) in [5.41, 5.74) is 1.37. The maximum Gasteiger partial charge on any atom is 0.0320 e. The highest BCUT2D eigenvalue weighted by Gasteiger charge is 2.11. The van der Waals surface area contributed by atoms with Gasteiger partial charge in [-0.25, -0.2) is 0 Å². The highest BCUT2D eigenvalue weighted by Crippen LogP contribution is 2.20. The molecule has 1 nitrogen and oxygen atoms in total. The second kappa shape index (κ2) is 7.36. The molecule has 0 aliphatic rings. The van der Waals surface area contributed by atoms with Gasteiger partial charge in [0.05, 0.1) is 0 Å². The predicted octanol–water partition coefficient (Wildman–Crippen LogP) is 4.24. The number of hydrogen-bond acceptors (Lipinski definition) is 2. The standard InChI is InChI=1S/C13H20BrNS/c1-4-13(15-10(2)9-16-3)11-5-7-12(14)8-6-11/h5-8,10,13,15H,4,9H2,1-3H3. The van der Waals surface area contributed by atoms with E-state index < -0.39 is 0 Å². The second-order valence-corrected chi connectivity index (χ2v) is 5.86. The van der Waals surface area contributed by atoms with Crippen molar-refractivity contribution in [3.8, 4) is 0 Å². The van der Waals surface area contributed by atoms with E-state index in [1.807, 2.05) is 11.8 Å². The quantitative estimate of drug-likeness (QED) is 0.843. The van der Waals surface area contributed by atoms with Crippen LogP contribution >= 0.6 is 27.7 Å². The van der Waals surface area contributed by atoms with Crippen molar-refractivity contribution in [2.75, 3.05) is 12.0 Å². The number of benzene rings is 1. The van der Waals surface area contributed by atoms with Crippen LogP contribution in [0.25, 0.3) is 0 Å². The molecule has 1 aromatic rings. The molecular weight excluding hydrogens is 282 g/mol. The topological polar surface area (TPSA) is 12.0 Å². The van der Waals surface area contributed by atoms with E-state index >= 15 is 0 Å². The summed E-state index contributed by atoms with van der Waals surface area (Å²) in [6.45, 7) is 4.48. The largest absolute Gasteiger partial charge is 0.307 e. The molecule has 0 aliphatic heterocycles. The van der Waals surface area contributed by atoms with Crippen LogP contribution in [0.3, 0.4) is 0 Å². The second-order valence-electron chi connectivity index (χ2n) is 4.04. The van der Waals surface area contributed by atoms with E-state index in [2.05, 4.69) is 65.6 Å². The van der Waals surface area contributed by atoms with E-state index in [1.54, 1.807) is 0 Å². The lowest BCUT2D eigenvalue weighted by Crippen LogP contribution is -2.32. The van der Waals surface area contributed by atoms with Gasteiger partial charge in [-0.05, 0) is 37.3 Å². The number of rotatable bonds is 6. The van der Waals surface area contributed by atoms with E-state index in [0.717, 1.165) is 16.6 Å². The maximum absolute atomic E-state index is 3.67. The average molecular weight is 302 g/mol. The van der Waals surface area contributed by atoms with E-state index in [-0.39, 0.29) is 0 Å². The first-order valence-electron chi connectivity index (χ1n) is 5.67. The minimum Gasteiger partial charge on any atom is -0.307 e. The minimum absolute atomic E-state index is 0.468. The third-order valence-corrected chi connectivity index (χ3v) is 3.94. The van der Waals surface area contributed by atoms with Crippen LogP contribution in [-0.2, 0) is 0 Å². The fourth-order valence-corrected chi connectivity index (χ4v) is 2.65. The summed E-state index contributed by atoms with van der Waals surface area (Å²) >= 11 is 5.36. The highest BCUT2D eigenvalue weighted by atomic mass is 79.9. The van der Waals surface area contributed by atoms with Crippen molar-refractivity contribution in [2.45, 2.75) is 32.4 Å². The Morgan fingerprint density at radius 1 is 1.31 bits per heavy atom. The molecule has 90 valence electrons. The van der Waals surface area contributed by atoms with Gasteiger partial charge in [0.25, 0.3) is 0 Å².